The third-order valence-corrected chi connectivity index (χ3v) is 2.47. The number of aryl methyl sites for hydroxylation is 2. The molecule has 0 N–H and O–H groups in total. The second-order valence-corrected chi connectivity index (χ2v) is 3.85. The number of esters is 1. The lowest BCUT2D eigenvalue weighted by molar-refractivity contribution is -0.148. The van der Waals surface area contributed by atoms with Crippen molar-refractivity contribution >= 4 is 5.97 Å². The summed E-state index contributed by atoms with van der Waals surface area (Å²) in [7, 11) is 0. The molecule has 15 heavy (non-hydrogen) atoms. The van der Waals surface area contributed by atoms with Crippen LogP contribution in [0.5, 0.6) is 0 Å². The van der Waals surface area contributed by atoms with Crippen LogP contribution in [-0.4, -0.2) is 5.97 Å². The molecule has 0 aliphatic rings. The summed E-state index contributed by atoms with van der Waals surface area (Å²) >= 11 is 0. The van der Waals surface area contributed by atoms with E-state index in [0.29, 0.717) is 6.42 Å². The smallest absolute Gasteiger partial charge is 0.306 e. The molecule has 0 amide bonds. The zero-order chi connectivity index (χ0) is 11.4. The molecule has 1 aromatic rings. The van der Waals surface area contributed by atoms with E-state index in [4.69, 9.17) is 4.74 Å². The standard InChI is InChI=1S/C13H18O2/c1-5-13(14)15-11(4)12-8-9(2)6-7-10(12)3/h6-8,11H,5H2,1-4H3/t11-/m1/s1. The van der Waals surface area contributed by atoms with Crippen molar-refractivity contribution in [2.24, 2.45) is 0 Å². The van der Waals surface area contributed by atoms with Crippen molar-refractivity contribution in [3.63, 3.8) is 0 Å². The third kappa shape index (κ3) is 3.08. The summed E-state index contributed by atoms with van der Waals surface area (Å²) in [4.78, 5) is 11.2. The van der Waals surface area contributed by atoms with Gasteiger partial charge in [-0.05, 0) is 31.9 Å². The molecule has 0 aromatic heterocycles. The second kappa shape index (κ2) is 4.96. The highest BCUT2D eigenvalue weighted by molar-refractivity contribution is 5.69. The topological polar surface area (TPSA) is 26.3 Å². The van der Waals surface area contributed by atoms with Gasteiger partial charge in [0.1, 0.15) is 6.10 Å². The van der Waals surface area contributed by atoms with Crippen LogP contribution in [0.3, 0.4) is 0 Å². The largest absolute Gasteiger partial charge is 0.458 e. The summed E-state index contributed by atoms with van der Waals surface area (Å²) in [5.74, 6) is -0.150. The van der Waals surface area contributed by atoms with Crippen LogP contribution in [0, 0.1) is 13.8 Å². The maximum absolute atomic E-state index is 11.2. The number of hydrogen-bond acceptors (Lipinski definition) is 2. The van der Waals surface area contributed by atoms with Gasteiger partial charge in [0.15, 0.2) is 0 Å². The van der Waals surface area contributed by atoms with Crippen LogP contribution in [0.25, 0.3) is 0 Å². The number of ether oxygens (including phenoxy) is 1. The van der Waals surface area contributed by atoms with E-state index in [0.717, 1.165) is 11.1 Å². The lowest BCUT2D eigenvalue weighted by Gasteiger charge is -2.16. The van der Waals surface area contributed by atoms with Gasteiger partial charge in [0.25, 0.3) is 0 Å². The molecule has 0 spiro atoms. The Bertz CT molecular complexity index is 356. The van der Waals surface area contributed by atoms with Crippen molar-refractivity contribution in [3.8, 4) is 0 Å². The van der Waals surface area contributed by atoms with Crippen molar-refractivity contribution in [2.75, 3.05) is 0 Å². The monoisotopic (exact) mass is 206 g/mol. The lowest BCUT2D eigenvalue weighted by atomic mass is 10.0. The minimum Gasteiger partial charge on any atom is -0.458 e. The normalized spacial score (nSPS) is 12.3. The molecule has 0 fully saturated rings. The van der Waals surface area contributed by atoms with Gasteiger partial charge in [0.2, 0.25) is 0 Å². The Morgan fingerprint density at radius 1 is 1.40 bits per heavy atom. The van der Waals surface area contributed by atoms with Crippen molar-refractivity contribution in [3.05, 3.63) is 34.9 Å². The summed E-state index contributed by atoms with van der Waals surface area (Å²) < 4.78 is 5.28. The number of benzene rings is 1. The highest BCUT2D eigenvalue weighted by Gasteiger charge is 2.12. The fraction of sp³-hybridized carbons (Fsp3) is 0.462. The van der Waals surface area contributed by atoms with Crippen molar-refractivity contribution in [1.29, 1.82) is 0 Å². The molecule has 1 rings (SSSR count). The average Bonchev–Trinajstić information content (AvgIpc) is 2.21. The fourth-order valence-corrected chi connectivity index (χ4v) is 1.54. The first-order chi connectivity index (χ1) is 7.04. The van der Waals surface area contributed by atoms with Gasteiger partial charge in [-0.3, -0.25) is 4.79 Å². The number of rotatable bonds is 3. The summed E-state index contributed by atoms with van der Waals surface area (Å²) in [6.07, 6.45) is 0.271. The van der Waals surface area contributed by atoms with Crippen LogP contribution < -0.4 is 0 Å². The molecule has 0 aliphatic heterocycles. The maximum Gasteiger partial charge on any atom is 0.306 e. The van der Waals surface area contributed by atoms with E-state index in [-0.39, 0.29) is 12.1 Å². The van der Waals surface area contributed by atoms with Crippen LogP contribution in [0.4, 0.5) is 0 Å². The highest BCUT2D eigenvalue weighted by Crippen LogP contribution is 2.22. The summed E-state index contributed by atoms with van der Waals surface area (Å²) in [6.45, 7) is 7.79. The Morgan fingerprint density at radius 3 is 2.67 bits per heavy atom. The minimum absolute atomic E-state index is 0.150. The van der Waals surface area contributed by atoms with Gasteiger partial charge in [-0.2, -0.15) is 0 Å². The van der Waals surface area contributed by atoms with Crippen LogP contribution in [0.2, 0.25) is 0 Å². The average molecular weight is 206 g/mol. The number of hydrogen-bond donors (Lipinski definition) is 0. The Hall–Kier alpha value is -1.31. The van der Waals surface area contributed by atoms with Crippen molar-refractivity contribution < 1.29 is 9.53 Å². The summed E-state index contributed by atoms with van der Waals surface area (Å²) in [6, 6.07) is 6.19. The molecule has 2 nitrogen and oxygen atoms in total. The first-order valence-corrected chi connectivity index (χ1v) is 5.31. The second-order valence-electron chi connectivity index (χ2n) is 3.85. The van der Waals surface area contributed by atoms with E-state index in [1.165, 1.54) is 5.56 Å². The Morgan fingerprint density at radius 2 is 2.07 bits per heavy atom. The van der Waals surface area contributed by atoms with Gasteiger partial charge in [-0.1, -0.05) is 30.7 Å². The molecule has 1 atom stereocenters. The van der Waals surface area contributed by atoms with Crippen molar-refractivity contribution in [1.82, 2.24) is 0 Å². The van der Waals surface area contributed by atoms with Crippen LogP contribution >= 0.6 is 0 Å². The maximum atomic E-state index is 11.2. The van der Waals surface area contributed by atoms with Gasteiger partial charge < -0.3 is 4.74 Å². The van der Waals surface area contributed by atoms with Crippen LogP contribution in [0.1, 0.15) is 43.1 Å². The van der Waals surface area contributed by atoms with Gasteiger partial charge in [-0.25, -0.2) is 0 Å². The first-order valence-electron chi connectivity index (χ1n) is 5.31. The number of carbonyl (C=O) groups is 1. The van der Waals surface area contributed by atoms with Gasteiger partial charge in [0.05, 0.1) is 0 Å². The Labute approximate surface area is 91.3 Å². The van der Waals surface area contributed by atoms with Crippen molar-refractivity contribution in [2.45, 2.75) is 40.2 Å². The summed E-state index contributed by atoms with van der Waals surface area (Å²) in [5.41, 5.74) is 3.45. The fourth-order valence-electron chi connectivity index (χ4n) is 1.54. The molecule has 0 unspecified atom stereocenters. The number of carbonyl (C=O) groups excluding carboxylic acids is 1. The van der Waals surface area contributed by atoms with Gasteiger partial charge in [0, 0.05) is 6.42 Å². The van der Waals surface area contributed by atoms with E-state index >= 15 is 0 Å². The van der Waals surface area contributed by atoms with E-state index in [1.54, 1.807) is 6.92 Å². The zero-order valence-electron chi connectivity index (χ0n) is 9.83. The molecule has 2 heteroatoms. The molecule has 0 heterocycles. The predicted molar refractivity (Wildman–Crippen MR) is 60.7 cm³/mol. The minimum atomic E-state index is -0.155. The molecule has 0 radical (unpaired) electrons. The molecule has 0 saturated heterocycles. The third-order valence-electron chi connectivity index (χ3n) is 2.47. The lowest BCUT2D eigenvalue weighted by Crippen LogP contribution is -2.08. The van der Waals surface area contributed by atoms with Gasteiger partial charge in [-0.15, -0.1) is 0 Å². The molecule has 0 saturated carbocycles. The molecule has 82 valence electrons. The Balaban J connectivity index is 2.85. The van der Waals surface area contributed by atoms with E-state index in [1.807, 2.05) is 20.8 Å². The zero-order valence-corrected chi connectivity index (χ0v) is 9.83. The first kappa shape index (κ1) is 11.8. The molecule has 0 bridgehead atoms. The quantitative estimate of drug-likeness (QED) is 0.709. The molecule has 0 aliphatic carbocycles. The molecular weight excluding hydrogens is 188 g/mol. The SMILES string of the molecule is CCC(=O)O[C@H](C)c1cc(C)ccc1C. The van der Waals surface area contributed by atoms with E-state index in [9.17, 15) is 4.79 Å². The van der Waals surface area contributed by atoms with E-state index < -0.39 is 0 Å². The van der Waals surface area contributed by atoms with Crippen LogP contribution in [0.15, 0.2) is 18.2 Å². The van der Waals surface area contributed by atoms with Crippen LogP contribution in [-0.2, 0) is 9.53 Å². The highest BCUT2D eigenvalue weighted by atomic mass is 16.5. The molecular formula is C13H18O2. The molecule has 1 aromatic carbocycles. The Kier molecular flexibility index (Phi) is 3.89. The van der Waals surface area contributed by atoms with Gasteiger partial charge >= 0.3 is 5.97 Å². The predicted octanol–water partition coefficient (Wildman–Crippen LogP) is 3.32. The van der Waals surface area contributed by atoms with E-state index in [2.05, 4.69) is 18.2 Å². The summed E-state index contributed by atoms with van der Waals surface area (Å²) in [5, 5.41) is 0.